The topological polar surface area (TPSA) is 93.3 Å². The van der Waals surface area contributed by atoms with Crippen LogP contribution < -0.4 is 10.9 Å². The van der Waals surface area contributed by atoms with Crippen LogP contribution in [0.4, 0.5) is 4.39 Å². The molecule has 0 spiro atoms. The van der Waals surface area contributed by atoms with Crippen LogP contribution in [0.25, 0.3) is 11.0 Å². The van der Waals surface area contributed by atoms with Crippen LogP contribution in [-0.2, 0) is 17.8 Å². The maximum atomic E-state index is 13.5. The second kappa shape index (κ2) is 11.1. The second-order valence-corrected chi connectivity index (χ2v) is 10.5. The molecule has 0 aliphatic carbocycles. The molecule has 9 heteroatoms. The highest BCUT2D eigenvalue weighted by molar-refractivity contribution is 5.80. The minimum Gasteiger partial charge on any atom is -0.359 e. The number of hydrogen-bond acceptors (Lipinski definition) is 6. The van der Waals surface area contributed by atoms with Crippen LogP contribution in [-0.4, -0.2) is 52.2 Å². The number of nitrogens with zero attached hydrogens (tertiary/aromatic N) is 4. The average Bonchev–Trinajstić information content (AvgIpc) is 3.32. The molecule has 1 unspecified atom stereocenters. The highest BCUT2D eigenvalue weighted by atomic mass is 19.1. The average molecular weight is 510 g/mol. The van der Waals surface area contributed by atoms with Crippen molar-refractivity contribution in [2.75, 3.05) is 26.7 Å². The van der Waals surface area contributed by atoms with Crippen molar-refractivity contribution < 1.29 is 13.7 Å². The van der Waals surface area contributed by atoms with Gasteiger partial charge in [-0.05, 0) is 77.1 Å². The van der Waals surface area contributed by atoms with E-state index in [2.05, 4.69) is 15.4 Å². The van der Waals surface area contributed by atoms with Crippen LogP contribution in [0.2, 0.25) is 0 Å². The first-order valence-corrected chi connectivity index (χ1v) is 13.5. The minimum absolute atomic E-state index is 0.0569. The summed E-state index contributed by atoms with van der Waals surface area (Å²) < 4.78 is 20.7. The number of carbonyl (C=O) groups excluding carboxylic acids is 1. The lowest BCUT2D eigenvalue weighted by Crippen LogP contribution is -2.37. The summed E-state index contributed by atoms with van der Waals surface area (Å²) in [6, 6.07) is 4.61. The maximum absolute atomic E-state index is 13.5. The molecule has 0 radical (unpaired) electrons. The third-order valence-corrected chi connectivity index (χ3v) is 8.15. The van der Waals surface area contributed by atoms with Crippen molar-refractivity contribution in [1.29, 1.82) is 0 Å². The number of piperidine rings is 1. The van der Waals surface area contributed by atoms with E-state index in [1.165, 1.54) is 12.1 Å². The van der Waals surface area contributed by atoms with E-state index in [0.717, 1.165) is 92.9 Å². The van der Waals surface area contributed by atoms with E-state index in [9.17, 15) is 14.0 Å². The van der Waals surface area contributed by atoms with Crippen molar-refractivity contribution in [3.63, 3.8) is 0 Å². The molecule has 2 aliphatic heterocycles. The van der Waals surface area contributed by atoms with Gasteiger partial charge >= 0.3 is 0 Å². The Morgan fingerprint density at radius 1 is 1.22 bits per heavy atom. The zero-order chi connectivity index (χ0) is 25.9. The van der Waals surface area contributed by atoms with Gasteiger partial charge in [0.1, 0.15) is 11.6 Å². The number of fused-ring (bicyclic) bond motifs is 2. The lowest BCUT2D eigenvalue weighted by Gasteiger charge is -2.31. The largest absolute Gasteiger partial charge is 0.359 e. The molecule has 1 N–H and O–H groups in total. The number of carbonyl (C=O) groups is 1. The fourth-order valence-electron chi connectivity index (χ4n) is 5.99. The van der Waals surface area contributed by atoms with Gasteiger partial charge in [0, 0.05) is 61.1 Å². The summed E-state index contributed by atoms with van der Waals surface area (Å²) in [4.78, 5) is 32.3. The SMILES string of the molecule is CNC(=O)CCCC1CCCn2c1nc(C)c(CCN1CCC(c3noc4cc(F)ccc34)CC1)c2=O. The summed E-state index contributed by atoms with van der Waals surface area (Å²) >= 11 is 0. The van der Waals surface area contributed by atoms with Gasteiger partial charge in [-0.2, -0.15) is 0 Å². The molecule has 198 valence electrons. The number of aryl methyl sites for hydroxylation is 1. The molecular formula is C28H36FN5O3. The van der Waals surface area contributed by atoms with Gasteiger partial charge in [-0.25, -0.2) is 9.37 Å². The molecule has 0 saturated carbocycles. The minimum atomic E-state index is -0.315. The number of benzene rings is 1. The summed E-state index contributed by atoms with van der Waals surface area (Å²) in [5, 5.41) is 7.82. The molecule has 2 aliphatic rings. The van der Waals surface area contributed by atoms with E-state index in [-0.39, 0.29) is 23.2 Å². The van der Waals surface area contributed by atoms with Crippen LogP contribution in [0, 0.1) is 12.7 Å². The molecular weight excluding hydrogens is 473 g/mol. The number of hydrogen-bond donors (Lipinski definition) is 1. The molecule has 3 aromatic rings. The Hall–Kier alpha value is -3.07. The van der Waals surface area contributed by atoms with E-state index in [1.807, 2.05) is 11.5 Å². The van der Waals surface area contributed by atoms with Gasteiger partial charge in [-0.1, -0.05) is 5.16 Å². The number of halogens is 1. The molecule has 1 aromatic carbocycles. The number of aromatic nitrogens is 3. The predicted octanol–water partition coefficient (Wildman–Crippen LogP) is 4.05. The van der Waals surface area contributed by atoms with Gasteiger partial charge in [-0.15, -0.1) is 0 Å². The molecule has 5 rings (SSSR count). The third kappa shape index (κ3) is 5.46. The standard InChI is InChI=1S/C28H36FN5O3/c1-18-22(28(36)34-13-4-6-20(27(34)31-18)5-3-7-25(35)30-2)12-16-33-14-10-19(11-15-33)26-23-9-8-21(29)17-24(23)37-32-26/h8-9,17,19-20H,3-7,10-16H2,1-2H3,(H,30,35). The highest BCUT2D eigenvalue weighted by Gasteiger charge is 2.27. The fraction of sp³-hybridized carbons (Fsp3) is 0.571. The highest BCUT2D eigenvalue weighted by Crippen LogP contribution is 2.33. The van der Waals surface area contributed by atoms with Crippen LogP contribution in [0.5, 0.6) is 0 Å². The maximum Gasteiger partial charge on any atom is 0.256 e. The van der Waals surface area contributed by atoms with Crippen LogP contribution in [0.15, 0.2) is 27.5 Å². The normalized spacial score (nSPS) is 18.7. The summed E-state index contributed by atoms with van der Waals surface area (Å²) in [5.74, 6) is 1.17. The van der Waals surface area contributed by atoms with E-state index in [1.54, 1.807) is 13.1 Å². The zero-order valence-corrected chi connectivity index (χ0v) is 21.8. The summed E-state index contributed by atoms with van der Waals surface area (Å²) in [6.45, 7) is 5.35. The van der Waals surface area contributed by atoms with Crippen molar-refractivity contribution in [2.24, 2.45) is 0 Å². The monoisotopic (exact) mass is 509 g/mol. The summed E-state index contributed by atoms with van der Waals surface area (Å²) in [6.07, 6.45) is 6.78. The Kier molecular flexibility index (Phi) is 7.69. The lowest BCUT2D eigenvalue weighted by molar-refractivity contribution is -0.120. The van der Waals surface area contributed by atoms with Gasteiger partial charge < -0.3 is 14.7 Å². The van der Waals surface area contributed by atoms with Gasteiger partial charge in [0.2, 0.25) is 5.91 Å². The fourth-order valence-corrected chi connectivity index (χ4v) is 5.99. The van der Waals surface area contributed by atoms with E-state index in [4.69, 9.17) is 9.51 Å². The Balaban J connectivity index is 1.20. The number of rotatable bonds is 8. The number of amides is 1. The van der Waals surface area contributed by atoms with Gasteiger partial charge in [-0.3, -0.25) is 14.2 Å². The Morgan fingerprint density at radius 2 is 2.03 bits per heavy atom. The number of likely N-dealkylation sites (tertiary alicyclic amines) is 1. The smallest absolute Gasteiger partial charge is 0.256 e. The second-order valence-electron chi connectivity index (χ2n) is 10.5. The van der Waals surface area contributed by atoms with E-state index in [0.29, 0.717) is 24.3 Å². The Labute approximate surface area is 216 Å². The van der Waals surface area contributed by atoms with E-state index >= 15 is 0 Å². The van der Waals surface area contributed by atoms with Crippen LogP contribution >= 0.6 is 0 Å². The quantitative estimate of drug-likeness (QED) is 0.493. The zero-order valence-electron chi connectivity index (χ0n) is 21.8. The predicted molar refractivity (Wildman–Crippen MR) is 139 cm³/mol. The van der Waals surface area contributed by atoms with Gasteiger partial charge in [0.05, 0.1) is 5.69 Å². The first-order chi connectivity index (χ1) is 17.9. The van der Waals surface area contributed by atoms with Crippen molar-refractivity contribution in [3.8, 4) is 0 Å². The molecule has 4 heterocycles. The molecule has 37 heavy (non-hydrogen) atoms. The first-order valence-electron chi connectivity index (χ1n) is 13.5. The molecule has 2 aromatic heterocycles. The molecule has 8 nitrogen and oxygen atoms in total. The molecule has 1 saturated heterocycles. The lowest BCUT2D eigenvalue weighted by atomic mass is 9.91. The van der Waals surface area contributed by atoms with Crippen molar-refractivity contribution >= 4 is 16.9 Å². The van der Waals surface area contributed by atoms with Crippen molar-refractivity contribution in [3.05, 3.63) is 57.1 Å². The van der Waals surface area contributed by atoms with Gasteiger partial charge in [0.25, 0.3) is 5.56 Å². The van der Waals surface area contributed by atoms with Crippen LogP contribution in [0.3, 0.4) is 0 Å². The van der Waals surface area contributed by atoms with Crippen molar-refractivity contribution in [2.45, 2.75) is 76.7 Å². The van der Waals surface area contributed by atoms with Gasteiger partial charge in [0.15, 0.2) is 5.58 Å². The van der Waals surface area contributed by atoms with Crippen LogP contribution in [0.1, 0.15) is 79.6 Å². The Bertz CT molecular complexity index is 1330. The van der Waals surface area contributed by atoms with Crippen molar-refractivity contribution in [1.82, 2.24) is 24.9 Å². The summed E-state index contributed by atoms with van der Waals surface area (Å²) in [7, 11) is 1.66. The third-order valence-electron chi connectivity index (χ3n) is 8.15. The number of nitrogens with one attached hydrogen (secondary N) is 1. The molecule has 1 fully saturated rings. The molecule has 1 amide bonds. The molecule has 1 atom stereocenters. The summed E-state index contributed by atoms with van der Waals surface area (Å²) in [5.41, 5.74) is 3.19. The first kappa shape index (κ1) is 25.6. The Morgan fingerprint density at radius 3 is 2.81 bits per heavy atom. The molecule has 0 bridgehead atoms. The van der Waals surface area contributed by atoms with E-state index < -0.39 is 0 Å².